The predicted octanol–water partition coefficient (Wildman–Crippen LogP) is 7.35. The van der Waals surface area contributed by atoms with E-state index in [0.717, 1.165) is 27.8 Å². The lowest BCUT2D eigenvalue weighted by atomic mass is 9.95. The number of methoxy groups -OCH3 is 1. The zero-order valence-corrected chi connectivity index (χ0v) is 29.2. The molecule has 260 valence electrons. The van der Waals surface area contributed by atoms with Crippen LogP contribution in [0.2, 0.25) is 0 Å². The summed E-state index contributed by atoms with van der Waals surface area (Å²) in [5.41, 5.74) is 5.94. The van der Waals surface area contributed by atoms with Crippen LogP contribution in [0.5, 0.6) is 5.75 Å². The van der Waals surface area contributed by atoms with Crippen LogP contribution in [-0.4, -0.2) is 66.7 Å². The molecule has 0 N–H and O–H groups in total. The summed E-state index contributed by atoms with van der Waals surface area (Å²) in [6, 6.07) is 30.8. The van der Waals surface area contributed by atoms with Gasteiger partial charge >= 0.3 is 12.1 Å². The molecule has 2 amide bonds. The van der Waals surface area contributed by atoms with E-state index in [2.05, 4.69) is 24.3 Å². The SMILES string of the molecule is CC[C@H](C)[C@@H](C(=O)N1[C@@H](c2ccc(OC)cc2)OC(C)[C@H]1C(=O)OCc1ccccc1)N(C)C(=O)OCC1c2ccccc2-c2ccccc21. The van der Waals surface area contributed by atoms with Crippen molar-refractivity contribution in [3.63, 3.8) is 0 Å². The van der Waals surface area contributed by atoms with E-state index < -0.39 is 42.4 Å². The molecule has 1 aliphatic heterocycles. The van der Waals surface area contributed by atoms with E-state index in [9.17, 15) is 14.4 Å². The number of carbonyl (C=O) groups is 3. The van der Waals surface area contributed by atoms with Crippen LogP contribution in [0.25, 0.3) is 11.1 Å². The molecule has 4 aromatic carbocycles. The van der Waals surface area contributed by atoms with E-state index in [4.69, 9.17) is 18.9 Å². The minimum Gasteiger partial charge on any atom is -0.497 e. The maximum atomic E-state index is 14.9. The van der Waals surface area contributed by atoms with Gasteiger partial charge in [0.25, 0.3) is 0 Å². The van der Waals surface area contributed by atoms with Crippen molar-refractivity contribution in [2.45, 2.75) is 64.1 Å². The molecule has 5 atom stereocenters. The number of fused-ring (bicyclic) bond motifs is 3. The van der Waals surface area contributed by atoms with Crippen molar-refractivity contribution < 1.29 is 33.3 Å². The lowest BCUT2D eigenvalue weighted by molar-refractivity contribution is -0.158. The average molecular weight is 677 g/mol. The molecule has 1 fully saturated rings. The fourth-order valence-corrected chi connectivity index (χ4v) is 7.07. The maximum absolute atomic E-state index is 14.9. The minimum atomic E-state index is -1.05. The van der Waals surface area contributed by atoms with E-state index in [1.807, 2.05) is 80.6 Å². The third-order valence-corrected chi connectivity index (χ3v) is 9.94. The Kier molecular flexibility index (Phi) is 10.5. The minimum absolute atomic E-state index is 0.0482. The molecule has 4 aromatic rings. The van der Waals surface area contributed by atoms with Crippen LogP contribution in [0.3, 0.4) is 0 Å². The Bertz CT molecular complexity index is 1770. The Labute approximate surface area is 293 Å². The summed E-state index contributed by atoms with van der Waals surface area (Å²) in [5, 5.41) is 0. The van der Waals surface area contributed by atoms with Gasteiger partial charge in [0.15, 0.2) is 12.3 Å². The van der Waals surface area contributed by atoms with Crippen molar-refractivity contribution in [2.75, 3.05) is 20.8 Å². The number of benzene rings is 4. The average Bonchev–Trinajstić information content (AvgIpc) is 3.67. The van der Waals surface area contributed by atoms with Crippen LogP contribution >= 0.6 is 0 Å². The summed E-state index contributed by atoms with van der Waals surface area (Å²) < 4.78 is 23.5. The second kappa shape index (κ2) is 15.2. The topological polar surface area (TPSA) is 94.6 Å². The van der Waals surface area contributed by atoms with E-state index in [1.165, 1.54) is 9.80 Å². The van der Waals surface area contributed by atoms with Gasteiger partial charge in [-0.25, -0.2) is 9.59 Å². The smallest absolute Gasteiger partial charge is 0.410 e. The van der Waals surface area contributed by atoms with Gasteiger partial charge in [-0.3, -0.25) is 14.6 Å². The van der Waals surface area contributed by atoms with Gasteiger partial charge in [-0.1, -0.05) is 111 Å². The number of rotatable bonds is 11. The molecule has 9 heteroatoms. The molecule has 2 aliphatic rings. The summed E-state index contributed by atoms with van der Waals surface area (Å²) in [6.45, 7) is 5.80. The lowest BCUT2D eigenvalue weighted by Crippen LogP contribution is -2.56. The van der Waals surface area contributed by atoms with Crippen LogP contribution in [0.15, 0.2) is 103 Å². The number of hydrogen-bond acceptors (Lipinski definition) is 7. The summed E-state index contributed by atoms with van der Waals surface area (Å²) >= 11 is 0. The Morgan fingerprint density at radius 3 is 2.04 bits per heavy atom. The maximum Gasteiger partial charge on any atom is 0.410 e. The predicted molar refractivity (Wildman–Crippen MR) is 189 cm³/mol. The van der Waals surface area contributed by atoms with E-state index >= 15 is 0 Å². The first kappa shape index (κ1) is 34.7. The second-order valence-electron chi connectivity index (χ2n) is 13.0. The van der Waals surface area contributed by atoms with Crippen molar-refractivity contribution in [3.05, 3.63) is 125 Å². The Morgan fingerprint density at radius 1 is 0.840 bits per heavy atom. The molecule has 50 heavy (non-hydrogen) atoms. The van der Waals surface area contributed by atoms with Crippen LogP contribution in [0.4, 0.5) is 4.79 Å². The standard InChI is InChI=1S/C41H44N2O7/c1-6-26(2)36(42(4)41(46)49-25-35-33-18-12-10-16-31(33)32-17-11-13-19-34(32)35)38(44)43-37(40(45)48-24-28-14-8-7-9-15-28)27(3)50-39(43)29-20-22-30(47-5)23-21-29/h7-23,26-27,35-37,39H,6,24-25H2,1-5H3/t26-,27?,36-,37-,39+/m0/s1. The molecule has 6 rings (SSSR count). The molecule has 1 aliphatic carbocycles. The zero-order valence-electron chi connectivity index (χ0n) is 29.2. The van der Waals surface area contributed by atoms with E-state index in [-0.39, 0.29) is 25.0 Å². The van der Waals surface area contributed by atoms with Gasteiger partial charge in [-0.05, 0) is 52.8 Å². The van der Waals surface area contributed by atoms with Gasteiger partial charge in [0.05, 0.1) is 13.2 Å². The molecule has 0 saturated carbocycles. The number of likely N-dealkylation sites (N-methyl/N-ethyl adjacent to an activating group) is 1. The quantitative estimate of drug-likeness (QED) is 0.153. The highest BCUT2D eigenvalue weighted by Crippen LogP contribution is 2.45. The van der Waals surface area contributed by atoms with Gasteiger partial charge in [0.1, 0.15) is 25.0 Å². The van der Waals surface area contributed by atoms with Gasteiger partial charge in [0, 0.05) is 18.5 Å². The molecule has 0 spiro atoms. The molecular weight excluding hydrogens is 632 g/mol. The Balaban J connectivity index is 1.27. The van der Waals surface area contributed by atoms with Crippen molar-refractivity contribution in [1.82, 2.24) is 9.80 Å². The Morgan fingerprint density at radius 2 is 1.44 bits per heavy atom. The third-order valence-electron chi connectivity index (χ3n) is 9.94. The molecule has 0 aromatic heterocycles. The van der Waals surface area contributed by atoms with Crippen molar-refractivity contribution in [1.29, 1.82) is 0 Å². The summed E-state index contributed by atoms with van der Waals surface area (Å²) in [4.78, 5) is 45.4. The summed E-state index contributed by atoms with van der Waals surface area (Å²) in [6.07, 6.45) is -1.62. The molecule has 0 radical (unpaired) electrons. The number of ether oxygens (including phenoxy) is 4. The fourth-order valence-electron chi connectivity index (χ4n) is 7.07. The zero-order chi connectivity index (χ0) is 35.4. The fraction of sp³-hybridized carbons (Fsp3) is 0.341. The van der Waals surface area contributed by atoms with Crippen LogP contribution in [0, 0.1) is 5.92 Å². The molecule has 1 unspecified atom stereocenters. The Hall–Kier alpha value is -5.15. The normalized spacial score (nSPS) is 19.2. The van der Waals surface area contributed by atoms with Crippen molar-refractivity contribution >= 4 is 18.0 Å². The van der Waals surface area contributed by atoms with Crippen LogP contribution in [-0.2, 0) is 30.4 Å². The van der Waals surface area contributed by atoms with Crippen LogP contribution in [0.1, 0.15) is 61.6 Å². The van der Waals surface area contributed by atoms with Gasteiger partial charge < -0.3 is 18.9 Å². The monoisotopic (exact) mass is 676 g/mol. The van der Waals surface area contributed by atoms with E-state index in [1.54, 1.807) is 33.2 Å². The summed E-state index contributed by atoms with van der Waals surface area (Å²) in [5.74, 6) is -0.779. The van der Waals surface area contributed by atoms with Crippen molar-refractivity contribution in [3.8, 4) is 16.9 Å². The highest BCUT2D eigenvalue weighted by molar-refractivity contribution is 5.91. The molecular formula is C41H44N2O7. The molecule has 0 bridgehead atoms. The van der Waals surface area contributed by atoms with Gasteiger partial charge in [-0.2, -0.15) is 0 Å². The highest BCUT2D eigenvalue weighted by Gasteiger charge is 2.51. The first-order valence-electron chi connectivity index (χ1n) is 17.1. The van der Waals surface area contributed by atoms with Crippen molar-refractivity contribution in [2.24, 2.45) is 5.92 Å². The molecule has 1 heterocycles. The number of carbonyl (C=O) groups excluding carboxylic acids is 3. The number of hydrogen-bond donors (Lipinski definition) is 0. The van der Waals surface area contributed by atoms with Gasteiger partial charge in [-0.15, -0.1) is 0 Å². The first-order valence-corrected chi connectivity index (χ1v) is 17.1. The highest BCUT2D eigenvalue weighted by atomic mass is 16.6. The largest absolute Gasteiger partial charge is 0.497 e. The number of amides is 2. The lowest BCUT2D eigenvalue weighted by Gasteiger charge is -2.37. The van der Waals surface area contributed by atoms with Crippen LogP contribution < -0.4 is 4.74 Å². The molecule has 1 saturated heterocycles. The van der Waals surface area contributed by atoms with Gasteiger partial charge in [0.2, 0.25) is 5.91 Å². The van der Waals surface area contributed by atoms with E-state index in [0.29, 0.717) is 17.7 Å². The second-order valence-corrected chi connectivity index (χ2v) is 13.0. The number of nitrogens with zero attached hydrogens (tertiary/aromatic N) is 2. The summed E-state index contributed by atoms with van der Waals surface area (Å²) in [7, 11) is 3.16. The molecule has 9 nitrogen and oxygen atoms in total. The number of esters is 1. The third kappa shape index (κ3) is 6.83. The first-order chi connectivity index (χ1) is 24.2.